The molecule has 0 saturated carbocycles. The fraction of sp³-hybridized carbons (Fsp3) is 0.583. The molecule has 0 bridgehead atoms. The zero-order valence-corrected chi connectivity index (χ0v) is 9.51. The predicted molar refractivity (Wildman–Crippen MR) is 62.9 cm³/mol. The van der Waals surface area contributed by atoms with Crippen LogP contribution >= 0.6 is 0 Å². The van der Waals surface area contributed by atoms with E-state index in [4.69, 9.17) is 10.5 Å². The molecule has 4 nitrogen and oxygen atoms in total. The first-order chi connectivity index (χ1) is 7.88. The summed E-state index contributed by atoms with van der Waals surface area (Å²) in [6, 6.07) is 4.13. The van der Waals surface area contributed by atoms with Crippen LogP contribution in [0.3, 0.4) is 0 Å². The van der Waals surface area contributed by atoms with Crippen molar-refractivity contribution in [2.75, 3.05) is 26.2 Å². The van der Waals surface area contributed by atoms with Gasteiger partial charge in [-0.3, -0.25) is 9.88 Å². The van der Waals surface area contributed by atoms with Gasteiger partial charge in [-0.25, -0.2) is 0 Å². The van der Waals surface area contributed by atoms with Gasteiger partial charge in [0.15, 0.2) is 0 Å². The van der Waals surface area contributed by atoms with Gasteiger partial charge in [-0.15, -0.1) is 0 Å². The van der Waals surface area contributed by atoms with E-state index < -0.39 is 0 Å². The van der Waals surface area contributed by atoms with Crippen molar-refractivity contribution in [3.63, 3.8) is 0 Å². The first-order valence-electron chi connectivity index (χ1n) is 5.81. The molecule has 2 rings (SSSR count). The fourth-order valence-electron chi connectivity index (χ4n) is 2.03. The minimum atomic E-state index is 0.306. The lowest BCUT2D eigenvalue weighted by atomic mass is 10.2. The van der Waals surface area contributed by atoms with Crippen molar-refractivity contribution in [3.05, 3.63) is 30.1 Å². The van der Waals surface area contributed by atoms with Crippen LogP contribution in [-0.2, 0) is 11.3 Å². The standard InChI is InChI=1S/C12H19N3O/c13-4-1-12-10-15(7-8-16-12)9-11-2-5-14-6-3-11/h2-3,5-6,12H,1,4,7-10,13H2. The number of rotatable bonds is 4. The number of nitrogens with two attached hydrogens (primary N) is 1. The van der Waals surface area contributed by atoms with Crippen molar-refractivity contribution in [3.8, 4) is 0 Å². The topological polar surface area (TPSA) is 51.4 Å². The number of ether oxygens (including phenoxy) is 1. The molecule has 1 atom stereocenters. The summed E-state index contributed by atoms with van der Waals surface area (Å²) in [4.78, 5) is 6.44. The molecule has 1 unspecified atom stereocenters. The van der Waals surface area contributed by atoms with E-state index in [1.807, 2.05) is 12.4 Å². The van der Waals surface area contributed by atoms with E-state index in [1.54, 1.807) is 0 Å². The molecule has 0 amide bonds. The molecule has 16 heavy (non-hydrogen) atoms. The lowest BCUT2D eigenvalue weighted by Gasteiger charge is -2.32. The number of hydrogen-bond acceptors (Lipinski definition) is 4. The molecular weight excluding hydrogens is 202 g/mol. The highest BCUT2D eigenvalue weighted by molar-refractivity contribution is 5.09. The van der Waals surface area contributed by atoms with Gasteiger partial charge in [-0.05, 0) is 30.7 Å². The second kappa shape index (κ2) is 5.94. The van der Waals surface area contributed by atoms with Crippen molar-refractivity contribution in [1.82, 2.24) is 9.88 Å². The van der Waals surface area contributed by atoms with Crippen molar-refractivity contribution in [1.29, 1.82) is 0 Å². The zero-order valence-electron chi connectivity index (χ0n) is 9.51. The fourth-order valence-corrected chi connectivity index (χ4v) is 2.03. The van der Waals surface area contributed by atoms with Crippen LogP contribution < -0.4 is 5.73 Å². The Hall–Kier alpha value is -0.970. The minimum Gasteiger partial charge on any atom is -0.376 e. The van der Waals surface area contributed by atoms with E-state index in [-0.39, 0.29) is 0 Å². The van der Waals surface area contributed by atoms with E-state index in [9.17, 15) is 0 Å². The largest absolute Gasteiger partial charge is 0.376 e. The Bertz CT molecular complexity index is 302. The predicted octanol–water partition coefficient (Wildman–Crippen LogP) is 0.631. The smallest absolute Gasteiger partial charge is 0.0714 e. The van der Waals surface area contributed by atoms with Gasteiger partial charge in [0, 0.05) is 32.0 Å². The Kier molecular flexibility index (Phi) is 4.27. The van der Waals surface area contributed by atoms with Gasteiger partial charge in [0.1, 0.15) is 0 Å². The number of nitrogens with zero attached hydrogens (tertiary/aromatic N) is 2. The van der Waals surface area contributed by atoms with Crippen LogP contribution in [0.2, 0.25) is 0 Å². The molecule has 1 aliphatic rings. The molecule has 1 aliphatic heterocycles. The van der Waals surface area contributed by atoms with Gasteiger partial charge in [0.25, 0.3) is 0 Å². The summed E-state index contributed by atoms with van der Waals surface area (Å²) in [6.45, 7) is 4.49. The number of pyridine rings is 1. The maximum Gasteiger partial charge on any atom is 0.0714 e. The Balaban J connectivity index is 1.85. The second-order valence-electron chi connectivity index (χ2n) is 4.16. The SMILES string of the molecule is NCCC1CN(Cc2ccncc2)CCO1. The third kappa shape index (κ3) is 3.27. The van der Waals surface area contributed by atoms with E-state index >= 15 is 0 Å². The molecule has 0 aromatic carbocycles. The summed E-state index contributed by atoms with van der Waals surface area (Å²) in [5.74, 6) is 0. The Morgan fingerprint density at radius 2 is 2.25 bits per heavy atom. The molecule has 1 aromatic rings. The summed E-state index contributed by atoms with van der Waals surface area (Å²) in [5, 5.41) is 0. The Morgan fingerprint density at radius 1 is 1.44 bits per heavy atom. The van der Waals surface area contributed by atoms with E-state index in [1.165, 1.54) is 5.56 Å². The average Bonchev–Trinajstić information content (AvgIpc) is 2.31. The first kappa shape index (κ1) is 11.5. The highest BCUT2D eigenvalue weighted by Crippen LogP contribution is 2.11. The van der Waals surface area contributed by atoms with Crippen LogP contribution in [0, 0.1) is 0 Å². The molecule has 1 aromatic heterocycles. The molecule has 2 heterocycles. The van der Waals surface area contributed by atoms with Gasteiger partial charge in [0.05, 0.1) is 12.7 Å². The Labute approximate surface area is 96.4 Å². The maximum absolute atomic E-state index is 5.65. The third-order valence-electron chi connectivity index (χ3n) is 2.87. The molecular formula is C12H19N3O. The summed E-state index contributed by atoms with van der Waals surface area (Å²) >= 11 is 0. The monoisotopic (exact) mass is 221 g/mol. The van der Waals surface area contributed by atoms with E-state index in [0.717, 1.165) is 32.7 Å². The lowest BCUT2D eigenvalue weighted by molar-refractivity contribution is -0.0335. The Morgan fingerprint density at radius 3 is 3.00 bits per heavy atom. The summed E-state index contributed by atoms with van der Waals surface area (Å²) in [6.07, 6.45) is 4.94. The van der Waals surface area contributed by atoms with Crippen molar-refractivity contribution in [2.24, 2.45) is 5.73 Å². The van der Waals surface area contributed by atoms with Crippen LogP contribution in [0.25, 0.3) is 0 Å². The van der Waals surface area contributed by atoms with Crippen molar-refractivity contribution in [2.45, 2.75) is 19.1 Å². The first-order valence-corrected chi connectivity index (χ1v) is 5.81. The molecule has 0 aliphatic carbocycles. The van der Waals surface area contributed by atoms with Gasteiger partial charge in [0.2, 0.25) is 0 Å². The highest BCUT2D eigenvalue weighted by Gasteiger charge is 2.19. The van der Waals surface area contributed by atoms with Gasteiger partial charge < -0.3 is 10.5 Å². The summed E-state index contributed by atoms with van der Waals surface area (Å²) in [5.41, 5.74) is 6.86. The second-order valence-corrected chi connectivity index (χ2v) is 4.16. The molecule has 0 spiro atoms. The molecule has 0 radical (unpaired) electrons. The van der Waals surface area contributed by atoms with Crippen LogP contribution in [-0.4, -0.2) is 42.2 Å². The van der Waals surface area contributed by atoms with Gasteiger partial charge in [-0.1, -0.05) is 0 Å². The molecule has 2 N–H and O–H groups in total. The highest BCUT2D eigenvalue weighted by atomic mass is 16.5. The van der Waals surface area contributed by atoms with Crippen LogP contribution in [0.4, 0.5) is 0 Å². The van der Waals surface area contributed by atoms with E-state index in [0.29, 0.717) is 12.6 Å². The normalized spacial score (nSPS) is 22.2. The van der Waals surface area contributed by atoms with E-state index in [2.05, 4.69) is 22.0 Å². The van der Waals surface area contributed by atoms with Crippen LogP contribution in [0.1, 0.15) is 12.0 Å². The van der Waals surface area contributed by atoms with Gasteiger partial charge in [-0.2, -0.15) is 0 Å². The number of aromatic nitrogens is 1. The minimum absolute atomic E-state index is 0.306. The quantitative estimate of drug-likeness (QED) is 0.810. The van der Waals surface area contributed by atoms with Crippen molar-refractivity contribution >= 4 is 0 Å². The number of morpholine rings is 1. The molecule has 88 valence electrons. The summed E-state index contributed by atoms with van der Waals surface area (Å²) < 4.78 is 5.65. The zero-order chi connectivity index (χ0) is 11.2. The molecule has 1 saturated heterocycles. The third-order valence-corrected chi connectivity index (χ3v) is 2.87. The summed E-state index contributed by atoms with van der Waals surface area (Å²) in [7, 11) is 0. The maximum atomic E-state index is 5.65. The average molecular weight is 221 g/mol. The van der Waals surface area contributed by atoms with Crippen LogP contribution in [0.15, 0.2) is 24.5 Å². The van der Waals surface area contributed by atoms with Gasteiger partial charge >= 0.3 is 0 Å². The molecule has 4 heteroatoms. The van der Waals surface area contributed by atoms with Crippen LogP contribution in [0.5, 0.6) is 0 Å². The van der Waals surface area contributed by atoms with Crippen molar-refractivity contribution < 1.29 is 4.74 Å². The lowest BCUT2D eigenvalue weighted by Crippen LogP contribution is -2.42. The molecule has 1 fully saturated rings. The number of hydrogen-bond donors (Lipinski definition) is 1.